The van der Waals surface area contributed by atoms with Crippen molar-refractivity contribution >= 4 is 29.0 Å². The lowest BCUT2D eigenvalue weighted by molar-refractivity contribution is -0.286. The summed E-state index contributed by atoms with van der Waals surface area (Å²) >= 11 is 6.00. The third-order valence-electron chi connectivity index (χ3n) is 5.21. The number of nitrogens with one attached hydrogen (secondary N) is 1. The number of nitrogens with zero attached hydrogens (tertiary/aromatic N) is 2. The summed E-state index contributed by atoms with van der Waals surface area (Å²) in [6.07, 6.45) is -3.75. The Kier molecular flexibility index (Phi) is 5.13. The zero-order valence-electron chi connectivity index (χ0n) is 16.8. The van der Waals surface area contributed by atoms with E-state index in [1.54, 1.807) is 24.3 Å². The molecular formula is C23H15ClF3N3O3. The monoisotopic (exact) mass is 473 g/mol. The second kappa shape index (κ2) is 8.00. The van der Waals surface area contributed by atoms with E-state index >= 15 is 0 Å². The Morgan fingerprint density at radius 3 is 2.45 bits per heavy atom. The minimum atomic E-state index is -3.75. The number of hydrogen-bond acceptors (Lipinski definition) is 4. The van der Waals surface area contributed by atoms with Crippen molar-refractivity contribution < 1.29 is 27.4 Å². The zero-order chi connectivity index (χ0) is 23.2. The number of urea groups is 1. The Labute approximate surface area is 191 Å². The van der Waals surface area contributed by atoms with Crippen molar-refractivity contribution in [2.24, 2.45) is 5.10 Å². The summed E-state index contributed by atoms with van der Waals surface area (Å²) in [5.41, 5.74) is 2.35. The first kappa shape index (κ1) is 21.1. The molecule has 3 aromatic carbocycles. The largest absolute Gasteiger partial charge is 0.586 e. The number of hydrogen-bond donors (Lipinski definition) is 1. The number of alkyl halides is 2. The van der Waals surface area contributed by atoms with Gasteiger partial charge in [-0.2, -0.15) is 5.10 Å². The van der Waals surface area contributed by atoms with Gasteiger partial charge in [0.25, 0.3) is 0 Å². The molecule has 0 saturated carbocycles. The number of hydrazone groups is 1. The number of halogens is 4. The summed E-state index contributed by atoms with van der Waals surface area (Å²) < 4.78 is 48.7. The summed E-state index contributed by atoms with van der Waals surface area (Å²) in [5.74, 6) is -0.982. The van der Waals surface area contributed by atoms with Crippen LogP contribution in [0.2, 0.25) is 5.02 Å². The highest BCUT2D eigenvalue weighted by atomic mass is 35.5. The first-order chi connectivity index (χ1) is 15.8. The van der Waals surface area contributed by atoms with Gasteiger partial charge in [-0.05, 0) is 47.5 Å². The third kappa shape index (κ3) is 4.31. The quantitative estimate of drug-likeness (QED) is 0.520. The third-order valence-corrected chi connectivity index (χ3v) is 5.47. The van der Waals surface area contributed by atoms with Gasteiger partial charge < -0.3 is 14.8 Å². The first-order valence-electron chi connectivity index (χ1n) is 9.86. The number of benzene rings is 3. The molecule has 1 unspecified atom stereocenters. The van der Waals surface area contributed by atoms with Crippen LogP contribution in [0.15, 0.2) is 71.8 Å². The number of fused-ring (bicyclic) bond motifs is 1. The van der Waals surface area contributed by atoms with Gasteiger partial charge in [0.2, 0.25) is 0 Å². The standard InChI is InChI=1S/C23H15ClF3N3O3/c24-15-5-1-13(2-6-15)18-12-30(29-21(18)14-3-7-16(25)8-4-14)22(31)28-17-9-10-19-20(11-17)33-23(26,27)32-19/h1-11,18H,12H2,(H,28,31). The summed E-state index contributed by atoms with van der Waals surface area (Å²) in [6, 6.07) is 16.4. The van der Waals surface area contributed by atoms with Gasteiger partial charge in [-0.1, -0.05) is 35.9 Å². The lowest BCUT2D eigenvalue weighted by Gasteiger charge is -2.16. The van der Waals surface area contributed by atoms with Crippen molar-refractivity contribution in [1.29, 1.82) is 0 Å². The van der Waals surface area contributed by atoms with Gasteiger partial charge in [0, 0.05) is 22.7 Å². The number of carbonyl (C=O) groups is 1. The molecular weight excluding hydrogens is 459 g/mol. The molecule has 33 heavy (non-hydrogen) atoms. The van der Waals surface area contributed by atoms with Crippen molar-refractivity contribution in [1.82, 2.24) is 5.01 Å². The van der Waals surface area contributed by atoms with Gasteiger partial charge in [0.05, 0.1) is 12.3 Å². The molecule has 0 radical (unpaired) electrons. The van der Waals surface area contributed by atoms with Crippen LogP contribution in [0.3, 0.4) is 0 Å². The second-order valence-electron chi connectivity index (χ2n) is 7.44. The van der Waals surface area contributed by atoms with Gasteiger partial charge in [-0.15, -0.1) is 8.78 Å². The van der Waals surface area contributed by atoms with Crippen LogP contribution in [0.4, 0.5) is 23.7 Å². The number of ether oxygens (including phenoxy) is 2. The average Bonchev–Trinajstić information content (AvgIpc) is 3.34. The molecule has 2 aliphatic rings. The minimum absolute atomic E-state index is 0.126. The van der Waals surface area contributed by atoms with Gasteiger partial charge in [-0.25, -0.2) is 14.2 Å². The van der Waals surface area contributed by atoms with Crippen LogP contribution in [0.25, 0.3) is 0 Å². The highest BCUT2D eigenvalue weighted by Gasteiger charge is 2.43. The Hall–Kier alpha value is -3.72. The number of carbonyl (C=O) groups excluding carboxylic acids is 1. The van der Waals surface area contributed by atoms with Crippen LogP contribution in [0.1, 0.15) is 17.0 Å². The molecule has 2 amide bonds. The minimum Gasteiger partial charge on any atom is -0.395 e. The molecule has 5 rings (SSSR count). The summed E-state index contributed by atoms with van der Waals surface area (Å²) in [4.78, 5) is 12.9. The fourth-order valence-corrected chi connectivity index (χ4v) is 3.81. The molecule has 10 heteroatoms. The molecule has 2 heterocycles. The van der Waals surface area contributed by atoms with E-state index in [0.29, 0.717) is 16.3 Å². The molecule has 0 bridgehead atoms. The highest BCUT2D eigenvalue weighted by Crippen LogP contribution is 2.42. The zero-order valence-corrected chi connectivity index (χ0v) is 17.5. The lowest BCUT2D eigenvalue weighted by atomic mass is 9.90. The van der Waals surface area contributed by atoms with E-state index in [9.17, 15) is 18.0 Å². The molecule has 0 saturated heterocycles. The molecule has 0 aromatic heterocycles. The maximum atomic E-state index is 13.4. The van der Waals surface area contributed by atoms with Crippen molar-refractivity contribution in [3.8, 4) is 11.5 Å². The van der Waals surface area contributed by atoms with Crippen LogP contribution in [-0.2, 0) is 0 Å². The fourth-order valence-electron chi connectivity index (χ4n) is 3.68. The van der Waals surface area contributed by atoms with Crippen LogP contribution in [0.5, 0.6) is 11.5 Å². The van der Waals surface area contributed by atoms with E-state index in [1.807, 2.05) is 12.1 Å². The number of rotatable bonds is 3. The lowest BCUT2D eigenvalue weighted by Crippen LogP contribution is -2.30. The maximum absolute atomic E-state index is 13.4. The highest BCUT2D eigenvalue weighted by molar-refractivity contribution is 6.30. The summed E-state index contributed by atoms with van der Waals surface area (Å²) in [5, 5.41) is 8.89. The molecule has 2 aliphatic heterocycles. The van der Waals surface area contributed by atoms with E-state index in [0.717, 1.165) is 5.56 Å². The Morgan fingerprint density at radius 2 is 1.73 bits per heavy atom. The van der Waals surface area contributed by atoms with Crippen molar-refractivity contribution in [2.45, 2.75) is 12.2 Å². The Balaban J connectivity index is 1.40. The van der Waals surface area contributed by atoms with Gasteiger partial charge in [-0.3, -0.25) is 0 Å². The number of amides is 2. The first-order valence-corrected chi connectivity index (χ1v) is 10.2. The van der Waals surface area contributed by atoms with Crippen LogP contribution >= 0.6 is 11.6 Å². The second-order valence-corrected chi connectivity index (χ2v) is 7.87. The topological polar surface area (TPSA) is 63.2 Å². The fraction of sp³-hybridized carbons (Fsp3) is 0.130. The number of anilines is 1. The van der Waals surface area contributed by atoms with Crippen molar-refractivity contribution in [2.75, 3.05) is 11.9 Å². The Morgan fingerprint density at radius 1 is 1.03 bits per heavy atom. The van der Waals surface area contributed by atoms with Gasteiger partial charge in [0.15, 0.2) is 11.5 Å². The predicted molar refractivity (Wildman–Crippen MR) is 115 cm³/mol. The van der Waals surface area contributed by atoms with Gasteiger partial charge in [0.1, 0.15) is 5.82 Å². The molecule has 168 valence electrons. The molecule has 3 aromatic rings. The molecule has 0 aliphatic carbocycles. The normalized spacial score (nSPS) is 18.2. The van der Waals surface area contributed by atoms with Crippen molar-refractivity contribution in [3.63, 3.8) is 0 Å². The van der Waals surface area contributed by atoms with Crippen molar-refractivity contribution in [3.05, 3.63) is 88.7 Å². The predicted octanol–water partition coefficient (Wildman–Crippen LogP) is 5.84. The van der Waals surface area contributed by atoms with E-state index in [4.69, 9.17) is 11.6 Å². The molecule has 6 nitrogen and oxygen atoms in total. The van der Waals surface area contributed by atoms with E-state index in [-0.39, 0.29) is 35.5 Å². The Bertz CT molecular complexity index is 1250. The van der Waals surface area contributed by atoms with E-state index in [1.165, 1.54) is 35.3 Å². The molecule has 1 N–H and O–H groups in total. The molecule has 0 fully saturated rings. The van der Waals surface area contributed by atoms with Gasteiger partial charge >= 0.3 is 12.3 Å². The van der Waals surface area contributed by atoms with Crippen LogP contribution in [0, 0.1) is 5.82 Å². The van der Waals surface area contributed by atoms with Crippen LogP contribution in [-0.4, -0.2) is 29.6 Å². The molecule has 1 atom stereocenters. The smallest absolute Gasteiger partial charge is 0.395 e. The molecule has 0 spiro atoms. The van der Waals surface area contributed by atoms with Crippen LogP contribution < -0.4 is 14.8 Å². The summed E-state index contributed by atoms with van der Waals surface area (Å²) in [7, 11) is 0. The average molecular weight is 474 g/mol. The summed E-state index contributed by atoms with van der Waals surface area (Å²) in [6.45, 7) is 0.211. The van der Waals surface area contributed by atoms with E-state index < -0.39 is 12.3 Å². The maximum Gasteiger partial charge on any atom is 0.586 e. The van der Waals surface area contributed by atoms with E-state index in [2.05, 4.69) is 19.9 Å². The SMILES string of the molecule is O=C(Nc1ccc2c(c1)OC(F)(F)O2)N1CC(c2ccc(Cl)cc2)C(c2ccc(F)cc2)=N1.